The number of piperidine rings is 1. The van der Waals surface area contributed by atoms with Crippen LogP contribution in [-0.4, -0.2) is 40.8 Å². The van der Waals surface area contributed by atoms with Crippen molar-refractivity contribution < 1.29 is 9.59 Å². The first-order valence-electron chi connectivity index (χ1n) is 10.9. The lowest BCUT2D eigenvalue weighted by atomic mass is 9.93. The van der Waals surface area contributed by atoms with E-state index in [1.54, 1.807) is 5.38 Å². The lowest BCUT2D eigenvalue weighted by molar-refractivity contribution is -0.134. The van der Waals surface area contributed by atoms with Gasteiger partial charge < -0.3 is 10.2 Å². The fourth-order valence-electron chi connectivity index (χ4n) is 4.07. The number of aromatic nitrogens is 1. The van der Waals surface area contributed by atoms with Gasteiger partial charge in [-0.2, -0.15) is 0 Å². The fraction of sp³-hybridized carbons (Fsp3) is 0.320. The zero-order chi connectivity index (χ0) is 22.5. The van der Waals surface area contributed by atoms with Crippen LogP contribution in [0.1, 0.15) is 48.2 Å². The maximum Gasteiger partial charge on any atom is 0.270 e. The number of carbonyl (C=O) groups excluding carboxylic acids is 2. The van der Waals surface area contributed by atoms with E-state index in [1.807, 2.05) is 59.5 Å². The molecule has 1 atom stereocenters. The summed E-state index contributed by atoms with van der Waals surface area (Å²) in [6.45, 7) is 3.36. The summed E-state index contributed by atoms with van der Waals surface area (Å²) in [5.74, 6) is -0.0961. The van der Waals surface area contributed by atoms with Crippen LogP contribution in [0.25, 0.3) is 10.6 Å². The van der Waals surface area contributed by atoms with Crippen LogP contribution in [0, 0.1) is 0 Å². The molecule has 1 aromatic heterocycles. The Bertz CT molecular complexity index is 1060. The first kappa shape index (κ1) is 22.5. The van der Waals surface area contributed by atoms with Crippen LogP contribution in [0.4, 0.5) is 0 Å². The van der Waals surface area contributed by atoms with Gasteiger partial charge >= 0.3 is 0 Å². The highest BCUT2D eigenvalue weighted by Crippen LogP contribution is 2.26. The molecule has 1 N–H and O–H groups in total. The minimum atomic E-state index is -0.165. The van der Waals surface area contributed by atoms with Crippen LogP contribution in [0.2, 0.25) is 5.02 Å². The molecule has 0 radical (unpaired) electrons. The maximum atomic E-state index is 13.1. The molecule has 32 heavy (non-hydrogen) atoms. The van der Waals surface area contributed by atoms with Crippen molar-refractivity contribution in [1.29, 1.82) is 0 Å². The second-order valence-corrected chi connectivity index (χ2v) is 9.28. The van der Waals surface area contributed by atoms with Crippen molar-refractivity contribution >= 4 is 34.8 Å². The Morgan fingerprint density at radius 2 is 1.81 bits per heavy atom. The number of nitrogens with zero attached hydrogens (tertiary/aromatic N) is 2. The molecule has 2 amide bonds. The molecule has 0 bridgehead atoms. The van der Waals surface area contributed by atoms with E-state index in [9.17, 15) is 9.59 Å². The Hall–Kier alpha value is -2.70. The third kappa shape index (κ3) is 5.19. The largest absolute Gasteiger partial charge is 0.348 e. The van der Waals surface area contributed by atoms with Gasteiger partial charge in [0.25, 0.3) is 5.91 Å². The van der Waals surface area contributed by atoms with Crippen LogP contribution in [0.5, 0.6) is 0 Å². The second kappa shape index (κ2) is 10.3. The predicted octanol–water partition coefficient (Wildman–Crippen LogP) is 5.38. The van der Waals surface area contributed by atoms with Crippen molar-refractivity contribution in [2.75, 3.05) is 13.1 Å². The average molecular weight is 468 g/mol. The maximum absolute atomic E-state index is 13.1. The zero-order valence-electron chi connectivity index (χ0n) is 18.0. The molecule has 0 spiro atoms. The molecule has 3 aromatic rings. The summed E-state index contributed by atoms with van der Waals surface area (Å²) < 4.78 is 0. The van der Waals surface area contributed by atoms with Crippen molar-refractivity contribution in [1.82, 2.24) is 15.2 Å². The number of nitrogens with one attached hydrogen (secondary N) is 1. The first-order valence-corrected chi connectivity index (χ1v) is 12.2. The van der Waals surface area contributed by atoms with Crippen LogP contribution in [0.15, 0.2) is 60.0 Å². The molecule has 0 saturated carbocycles. The molecule has 1 unspecified atom stereocenters. The summed E-state index contributed by atoms with van der Waals surface area (Å²) in [6, 6.07) is 17.4. The quantitative estimate of drug-likeness (QED) is 0.529. The van der Waals surface area contributed by atoms with Gasteiger partial charge in [0.05, 0.1) is 5.92 Å². The highest BCUT2D eigenvalue weighted by atomic mass is 35.5. The number of carbonyl (C=O) groups is 2. The lowest BCUT2D eigenvalue weighted by Crippen LogP contribution is -2.47. The van der Waals surface area contributed by atoms with Crippen LogP contribution in [-0.2, 0) is 4.79 Å². The van der Waals surface area contributed by atoms with E-state index in [0.717, 1.165) is 35.4 Å². The average Bonchev–Trinajstić information content (AvgIpc) is 3.32. The van der Waals surface area contributed by atoms with Crippen molar-refractivity contribution in [3.8, 4) is 10.6 Å². The number of halogens is 1. The van der Waals surface area contributed by atoms with Crippen LogP contribution >= 0.6 is 22.9 Å². The predicted molar refractivity (Wildman–Crippen MR) is 129 cm³/mol. The van der Waals surface area contributed by atoms with Crippen molar-refractivity contribution in [3.05, 3.63) is 76.3 Å². The number of thiazole rings is 1. The summed E-state index contributed by atoms with van der Waals surface area (Å²) in [6.07, 6.45) is 2.27. The zero-order valence-corrected chi connectivity index (χ0v) is 19.5. The lowest BCUT2D eigenvalue weighted by Gasteiger charge is -2.34. The molecule has 5 nitrogen and oxygen atoms in total. The number of hydrogen-bond acceptors (Lipinski definition) is 4. The number of hydrogen-bond donors (Lipinski definition) is 1. The van der Waals surface area contributed by atoms with Gasteiger partial charge in [-0.3, -0.25) is 9.59 Å². The summed E-state index contributed by atoms with van der Waals surface area (Å²) in [5.41, 5.74) is 2.43. The standard InChI is InChI=1S/C25H26ClN3O2S/c1-2-21(17-6-4-3-5-7-17)25(31)29-14-12-20(13-15-29)27-23(30)22-16-32-24(28-22)18-8-10-19(26)11-9-18/h3-11,16,20-21H,2,12-15H2,1H3,(H,27,30). The van der Waals surface area contributed by atoms with Gasteiger partial charge in [0, 0.05) is 35.1 Å². The highest BCUT2D eigenvalue weighted by Gasteiger charge is 2.29. The Morgan fingerprint density at radius 1 is 1.12 bits per heavy atom. The molecule has 1 aliphatic heterocycles. The summed E-state index contributed by atoms with van der Waals surface area (Å²) in [4.78, 5) is 32.2. The van der Waals surface area contributed by atoms with Gasteiger partial charge in [-0.15, -0.1) is 11.3 Å². The third-order valence-corrected chi connectivity index (χ3v) is 7.02. The molecule has 2 aromatic carbocycles. The van der Waals surface area contributed by atoms with E-state index >= 15 is 0 Å². The van der Waals surface area contributed by atoms with Gasteiger partial charge in [0.2, 0.25) is 5.91 Å². The molecular weight excluding hydrogens is 442 g/mol. The molecule has 1 fully saturated rings. The normalized spacial score (nSPS) is 15.4. The number of likely N-dealkylation sites (tertiary alicyclic amines) is 1. The molecule has 7 heteroatoms. The van der Waals surface area contributed by atoms with E-state index < -0.39 is 0 Å². The highest BCUT2D eigenvalue weighted by molar-refractivity contribution is 7.13. The van der Waals surface area contributed by atoms with Gasteiger partial charge in [0.15, 0.2) is 0 Å². The Balaban J connectivity index is 1.31. The summed E-state index contributed by atoms with van der Waals surface area (Å²) in [7, 11) is 0. The Kier molecular flexibility index (Phi) is 7.22. The Labute approximate surface area is 197 Å². The number of rotatable bonds is 6. The first-order chi connectivity index (χ1) is 15.5. The van der Waals surface area contributed by atoms with Crippen molar-refractivity contribution in [3.63, 3.8) is 0 Å². The summed E-state index contributed by atoms with van der Waals surface area (Å²) >= 11 is 7.38. The van der Waals surface area contributed by atoms with E-state index in [2.05, 4.69) is 17.2 Å². The fourth-order valence-corrected chi connectivity index (χ4v) is 5.00. The molecule has 1 saturated heterocycles. The summed E-state index contributed by atoms with van der Waals surface area (Å²) in [5, 5.41) is 6.33. The van der Waals surface area contributed by atoms with Gasteiger partial charge in [-0.05, 0) is 37.0 Å². The minimum absolute atomic E-state index is 0.0454. The molecule has 166 valence electrons. The van der Waals surface area contributed by atoms with Crippen molar-refractivity contribution in [2.45, 2.75) is 38.1 Å². The van der Waals surface area contributed by atoms with Crippen LogP contribution < -0.4 is 5.32 Å². The topological polar surface area (TPSA) is 62.3 Å². The molecular formula is C25H26ClN3O2S. The van der Waals surface area contributed by atoms with E-state index in [0.29, 0.717) is 23.8 Å². The van der Waals surface area contributed by atoms with Crippen molar-refractivity contribution in [2.24, 2.45) is 0 Å². The Morgan fingerprint density at radius 3 is 2.47 bits per heavy atom. The molecule has 0 aliphatic carbocycles. The van der Waals surface area contributed by atoms with Crippen LogP contribution in [0.3, 0.4) is 0 Å². The van der Waals surface area contributed by atoms with E-state index in [4.69, 9.17) is 11.6 Å². The second-order valence-electron chi connectivity index (χ2n) is 7.99. The molecule has 2 heterocycles. The number of benzene rings is 2. The third-order valence-electron chi connectivity index (χ3n) is 5.88. The monoisotopic (exact) mass is 467 g/mol. The van der Waals surface area contributed by atoms with E-state index in [-0.39, 0.29) is 23.8 Å². The molecule has 1 aliphatic rings. The SMILES string of the molecule is CCC(C(=O)N1CCC(NC(=O)c2csc(-c3ccc(Cl)cc3)n2)CC1)c1ccccc1. The molecule has 4 rings (SSSR count). The number of amides is 2. The van der Waals surface area contributed by atoms with Gasteiger partial charge in [-0.25, -0.2) is 4.98 Å². The van der Waals surface area contributed by atoms with Gasteiger partial charge in [-0.1, -0.05) is 61.0 Å². The minimum Gasteiger partial charge on any atom is -0.348 e. The van der Waals surface area contributed by atoms with Gasteiger partial charge in [0.1, 0.15) is 10.7 Å². The smallest absolute Gasteiger partial charge is 0.270 e. The van der Waals surface area contributed by atoms with E-state index in [1.165, 1.54) is 11.3 Å².